The number of aromatic nitrogens is 2. The molecule has 3 rings (SSSR count). The van der Waals surface area contributed by atoms with Gasteiger partial charge >= 0.3 is 12.2 Å². The number of hydrogen-bond donors (Lipinski definition) is 0. The second-order valence-electron chi connectivity index (χ2n) is 5.18. The number of hydrogen-bond acceptors (Lipinski definition) is 4. The summed E-state index contributed by atoms with van der Waals surface area (Å²) in [4.78, 5) is 14.6. The largest absolute Gasteiger partial charge is 0.479 e. The molecule has 0 N–H and O–H groups in total. The number of para-hydroxylation sites is 2. The standard InChI is InChI=1S/C16H13F2N3O3/c1-10-6-7-13(21(22)23)14(8-10)24-9-15-19-11-4-2-3-5-12(11)20(15)16(17)18/h2-8,16H,9H2,1H3. The normalized spacial score (nSPS) is 11.2. The minimum Gasteiger partial charge on any atom is -0.479 e. The van der Waals surface area contributed by atoms with Gasteiger partial charge in [-0.05, 0) is 30.7 Å². The van der Waals surface area contributed by atoms with E-state index in [1.807, 2.05) is 0 Å². The second kappa shape index (κ2) is 6.23. The highest BCUT2D eigenvalue weighted by molar-refractivity contribution is 5.75. The number of nitro groups is 1. The number of nitro benzene ring substituents is 1. The monoisotopic (exact) mass is 333 g/mol. The average Bonchev–Trinajstić information content (AvgIpc) is 2.91. The van der Waals surface area contributed by atoms with Crippen LogP contribution in [-0.4, -0.2) is 14.5 Å². The molecule has 1 heterocycles. The second-order valence-corrected chi connectivity index (χ2v) is 5.18. The molecule has 0 aliphatic heterocycles. The summed E-state index contributed by atoms with van der Waals surface area (Å²) in [6.07, 6.45) is 0. The van der Waals surface area contributed by atoms with Crippen molar-refractivity contribution in [2.45, 2.75) is 20.1 Å². The molecule has 0 radical (unpaired) electrons. The van der Waals surface area contributed by atoms with E-state index in [4.69, 9.17) is 4.74 Å². The molecule has 0 spiro atoms. The maximum absolute atomic E-state index is 13.3. The summed E-state index contributed by atoms with van der Waals surface area (Å²) in [6.45, 7) is -1.34. The van der Waals surface area contributed by atoms with Crippen LogP contribution in [0.1, 0.15) is 17.9 Å². The van der Waals surface area contributed by atoms with Crippen molar-refractivity contribution in [3.63, 3.8) is 0 Å². The highest BCUT2D eigenvalue weighted by Gasteiger charge is 2.20. The molecular formula is C16H13F2N3O3. The maximum atomic E-state index is 13.3. The summed E-state index contributed by atoms with van der Waals surface area (Å²) in [6, 6.07) is 10.9. The van der Waals surface area contributed by atoms with Crippen molar-refractivity contribution in [3.05, 3.63) is 64.0 Å². The van der Waals surface area contributed by atoms with E-state index in [9.17, 15) is 18.9 Å². The van der Waals surface area contributed by atoms with Crippen LogP contribution in [0.3, 0.4) is 0 Å². The number of halogens is 2. The Kier molecular flexibility index (Phi) is 4.11. The zero-order valence-corrected chi connectivity index (χ0v) is 12.6. The lowest BCUT2D eigenvalue weighted by Gasteiger charge is -2.10. The van der Waals surface area contributed by atoms with E-state index in [1.165, 1.54) is 18.2 Å². The van der Waals surface area contributed by atoms with Crippen LogP contribution in [0.2, 0.25) is 0 Å². The lowest BCUT2D eigenvalue weighted by Crippen LogP contribution is -2.08. The van der Waals surface area contributed by atoms with Crippen LogP contribution >= 0.6 is 0 Å². The van der Waals surface area contributed by atoms with Crippen molar-refractivity contribution < 1.29 is 18.4 Å². The Morgan fingerprint density at radius 2 is 2.04 bits per heavy atom. The van der Waals surface area contributed by atoms with Crippen LogP contribution in [0.4, 0.5) is 14.5 Å². The first-order valence-corrected chi connectivity index (χ1v) is 7.09. The molecule has 0 fully saturated rings. The molecule has 1 aromatic heterocycles. The summed E-state index contributed by atoms with van der Waals surface area (Å²) in [5.74, 6) is 0.0230. The molecule has 24 heavy (non-hydrogen) atoms. The van der Waals surface area contributed by atoms with Crippen molar-refractivity contribution in [2.24, 2.45) is 0 Å². The van der Waals surface area contributed by atoms with E-state index >= 15 is 0 Å². The predicted octanol–water partition coefficient (Wildman–Crippen LogP) is 4.23. The quantitative estimate of drug-likeness (QED) is 0.517. The molecule has 8 heteroatoms. The minimum absolute atomic E-state index is 0.00186. The average molecular weight is 333 g/mol. The summed E-state index contributed by atoms with van der Waals surface area (Å²) >= 11 is 0. The van der Waals surface area contributed by atoms with Gasteiger partial charge in [-0.15, -0.1) is 0 Å². The molecule has 0 unspecified atom stereocenters. The number of ether oxygens (including phenoxy) is 1. The summed E-state index contributed by atoms with van der Waals surface area (Å²) in [5.41, 5.74) is 1.23. The van der Waals surface area contributed by atoms with Gasteiger partial charge in [0.15, 0.2) is 11.6 Å². The summed E-state index contributed by atoms with van der Waals surface area (Å²) in [5, 5.41) is 11.0. The number of alkyl halides is 2. The van der Waals surface area contributed by atoms with E-state index in [1.54, 1.807) is 31.2 Å². The molecule has 3 aromatic rings. The highest BCUT2D eigenvalue weighted by atomic mass is 19.3. The Balaban J connectivity index is 1.96. The van der Waals surface area contributed by atoms with Gasteiger partial charge in [-0.2, -0.15) is 8.78 Å². The third kappa shape index (κ3) is 2.90. The van der Waals surface area contributed by atoms with Crippen LogP contribution in [0.15, 0.2) is 42.5 Å². The lowest BCUT2D eigenvalue weighted by molar-refractivity contribution is -0.386. The Morgan fingerprint density at radius 1 is 1.29 bits per heavy atom. The number of fused-ring (bicyclic) bond motifs is 1. The molecule has 0 saturated carbocycles. The fraction of sp³-hybridized carbons (Fsp3) is 0.188. The predicted molar refractivity (Wildman–Crippen MR) is 83.2 cm³/mol. The van der Waals surface area contributed by atoms with E-state index in [2.05, 4.69) is 4.98 Å². The fourth-order valence-electron chi connectivity index (χ4n) is 2.44. The van der Waals surface area contributed by atoms with Crippen molar-refractivity contribution in [1.82, 2.24) is 9.55 Å². The smallest absolute Gasteiger partial charge is 0.320 e. The molecular weight excluding hydrogens is 320 g/mol. The first kappa shape index (κ1) is 15.9. The summed E-state index contributed by atoms with van der Waals surface area (Å²) < 4.78 is 32.9. The Hall–Kier alpha value is -3.03. The zero-order valence-electron chi connectivity index (χ0n) is 12.6. The van der Waals surface area contributed by atoms with Crippen LogP contribution < -0.4 is 4.74 Å². The highest BCUT2D eigenvalue weighted by Crippen LogP contribution is 2.29. The van der Waals surface area contributed by atoms with Gasteiger partial charge in [-0.1, -0.05) is 18.2 Å². The molecule has 0 atom stereocenters. The van der Waals surface area contributed by atoms with E-state index in [-0.39, 0.29) is 29.4 Å². The number of imidazole rings is 1. The van der Waals surface area contributed by atoms with E-state index < -0.39 is 11.5 Å². The van der Waals surface area contributed by atoms with Gasteiger partial charge in [0, 0.05) is 6.07 Å². The first-order valence-electron chi connectivity index (χ1n) is 7.09. The topological polar surface area (TPSA) is 70.2 Å². The van der Waals surface area contributed by atoms with Crippen molar-refractivity contribution in [2.75, 3.05) is 0 Å². The Morgan fingerprint density at radius 3 is 2.75 bits per heavy atom. The number of aryl methyl sites for hydroxylation is 1. The van der Waals surface area contributed by atoms with Gasteiger partial charge in [0.1, 0.15) is 6.61 Å². The van der Waals surface area contributed by atoms with Gasteiger partial charge < -0.3 is 4.74 Å². The lowest BCUT2D eigenvalue weighted by atomic mass is 10.2. The third-order valence-electron chi connectivity index (χ3n) is 3.53. The van der Waals surface area contributed by atoms with Crippen molar-refractivity contribution >= 4 is 16.7 Å². The van der Waals surface area contributed by atoms with Crippen LogP contribution in [0.5, 0.6) is 5.75 Å². The van der Waals surface area contributed by atoms with Gasteiger partial charge in [0.2, 0.25) is 0 Å². The van der Waals surface area contributed by atoms with Gasteiger partial charge in [-0.25, -0.2) is 4.98 Å². The number of rotatable bonds is 5. The van der Waals surface area contributed by atoms with Crippen LogP contribution in [0, 0.1) is 17.0 Å². The molecule has 2 aromatic carbocycles. The van der Waals surface area contributed by atoms with Crippen LogP contribution in [-0.2, 0) is 6.61 Å². The molecule has 0 saturated heterocycles. The fourth-order valence-corrected chi connectivity index (χ4v) is 2.44. The third-order valence-corrected chi connectivity index (χ3v) is 3.53. The van der Waals surface area contributed by atoms with Crippen molar-refractivity contribution in [3.8, 4) is 5.75 Å². The SMILES string of the molecule is Cc1ccc([N+](=O)[O-])c(OCc2nc3ccccc3n2C(F)F)c1. The molecule has 0 aliphatic rings. The van der Waals surface area contributed by atoms with Gasteiger partial charge in [0.25, 0.3) is 0 Å². The molecule has 0 bridgehead atoms. The molecule has 0 aliphatic carbocycles. The van der Waals surface area contributed by atoms with E-state index in [0.717, 1.165) is 10.1 Å². The minimum atomic E-state index is -2.79. The van der Waals surface area contributed by atoms with Crippen LogP contribution in [0.25, 0.3) is 11.0 Å². The molecule has 0 amide bonds. The Labute approximate surface area is 135 Å². The van der Waals surface area contributed by atoms with Crippen molar-refractivity contribution in [1.29, 1.82) is 0 Å². The molecule has 6 nitrogen and oxygen atoms in total. The zero-order chi connectivity index (χ0) is 17.3. The number of benzene rings is 2. The maximum Gasteiger partial charge on any atom is 0.320 e. The van der Waals surface area contributed by atoms with Gasteiger partial charge in [0.05, 0.1) is 16.0 Å². The first-order chi connectivity index (χ1) is 11.5. The van der Waals surface area contributed by atoms with E-state index in [0.29, 0.717) is 5.52 Å². The Bertz CT molecular complexity index is 909. The molecule has 124 valence electrons. The van der Waals surface area contributed by atoms with Gasteiger partial charge in [-0.3, -0.25) is 14.7 Å². The summed E-state index contributed by atoms with van der Waals surface area (Å²) in [7, 11) is 0. The number of nitrogens with zero attached hydrogens (tertiary/aromatic N) is 3.